The van der Waals surface area contributed by atoms with Crippen molar-refractivity contribution in [1.82, 2.24) is 9.97 Å². The highest BCUT2D eigenvalue weighted by molar-refractivity contribution is 8.76. The van der Waals surface area contributed by atoms with Crippen LogP contribution in [0.5, 0.6) is 0 Å². The minimum Gasteiger partial charge on any atom is -0.325 e. The minimum absolute atomic E-state index is 0.120. The average Bonchev–Trinajstić information content (AvgIpc) is 2.37. The van der Waals surface area contributed by atoms with E-state index in [2.05, 4.69) is 9.97 Å². The van der Waals surface area contributed by atoms with Crippen molar-refractivity contribution < 1.29 is 0 Å². The standard InChI is InChI=1S/C14H16N2O2S2/c1-7-5-11(13(17)15-9(7)3)19-20-12-6-8(2)10(4)16-14(12)18/h5-6H,1-4H3,(H,15,17)(H,16,18). The first kappa shape index (κ1) is 15.0. The zero-order valence-electron chi connectivity index (χ0n) is 11.8. The molecule has 0 aromatic carbocycles. The fourth-order valence-corrected chi connectivity index (χ4v) is 3.78. The first-order valence-electron chi connectivity index (χ1n) is 6.14. The van der Waals surface area contributed by atoms with Gasteiger partial charge in [0.05, 0.1) is 9.79 Å². The Labute approximate surface area is 124 Å². The molecule has 2 heterocycles. The molecule has 0 atom stereocenters. The van der Waals surface area contributed by atoms with Crippen molar-refractivity contribution in [1.29, 1.82) is 0 Å². The first-order valence-corrected chi connectivity index (χ1v) is 8.29. The van der Waals surface area contributed by atoms with E-state index in [0.29, 0.717) is 9.79 Å². The second-order valence-corrected chi connectivity index (χ2v) is 6.92. The van der Waals surface area contributed by atoms with Crippen LogP contribution >= 0.6 is 21.6 Å². The summed E-state index contributed by atoms with van der Waals surface area (Å²) in [6.45, 7) is 7.63. The topological polar surface area (TPSA) is 65.7 Å². The molecule has 106 valence electrons. The van der Waals surface area contributed by atoms with Crippen LogP contribution in [0.1, 0.15) is 22.5 Å². The third-order valence-electron chi connectivity index (χ3n) is 3.15. The van der Waals surface area contributed by atoms with Crippen molar-refractivity contribution in [3.05, 3.63) is 55.4 Å². The molecule has 2 rings (SSSR count). The summed E-state index contributed by atoms with van der Waals surface area (Å²) in [6, 6.07) is 3.70. The van der Waals surface area contributed by atoms with Crippen LogP contribution in [0.3, 0.4) is 0 Å². The summed E-state index contributed by atoms with van der Waals surface area (Å²) >= 11 is 0. The van der Waals surface area contributed by atoms with Crippen LogP contribution < -0.4 is 11.1 Å². The molecular weight excluding hydrogens is 292 g/mol. The summed E-state index contributed by atoms with van der Waals surface area (Å²) in [6.07, 6.45) is 0. The number of pyridine rings is 2. The van der Waals surface area contributed by atoms with Crippen molar-refractivity contribution in [2.45, 2.75) is 37.5 Å². The number of aromatic amines is 2. The summed E-state index contributed by atoms with van der Waals surface area (Å²) in [5.74, 6) is 0. The molecule has 2 N–H and O–H groups in total. The molecule has 2 aromatic rings. The van der Waals surface area contributed by atoms with E-state index in [9.17, 15) is 9.59 Å². The van der Waals surface area contributed by atoms with Crippen LogP contribution in [0.25, 0.3) is 0 Å². The molecule has 0 unspecified atom stereocenters. The highest BCUT2D eigenvalue weighted by Crippen LogP contribution is 2.34. The van der Waals surface area contributed by atoms with Crippen molar-refractivity contribution in [3.8, 4) is 0 Å². The van der Waals surface area contributed by atoms with Crippen molar-refractivity contribution >= 4 is 21.6 Å². The third-order valence-corrected chi connectivity index (χ3v) is 5.53. The summed E-state index contributed by atoms with van der Waals surface area (Å²) in [4.78, 5) is 30.5. The Kier molecular flexibility index (Phi) is 4.45. The zero-order valence-corrected chi connectivity index (χ0v) is 13.4. The van der Waals surface area contributed by atoms with Gasteiger partial charge in [0.15, 0.2) is 0 Å². The number of H-pyrrole nitrogens is 2. The number of aryl methyl sites for hydroxylation is 4. The van der Waals surface area contributed by atoms with E-state index in [1.807, 2.05) is 39.8 Å². The van der Waals surface area contributed by atoms with E-state index in [-0.39, 0.29) is 11.1 Å². The Morgan fingerprint density at radius 1 is 0.750 bits per heavy atom. The minimum atomic E-state index is -0.120. The van der Waals surface area contributed by atoms with Crippen molar-refractivity contribution in [2.24, 2.45) is 0 Å². The molecule has 0 bridgehead atoms. The van der Waals surface area contributed by atoms with Crippen LogP contribution in [0.15, 0.2) is 31.5 Å². The first-order chi connectivity index (χ1) is 9.38. The SMILES string of the molecule is Cc1cc(SSc2cc(C)c(C)[nH]c2=O)c(=O)[nH]c1C. The molecule has 0 aliphatic heterocycles. The Hall–Kier alpha value is -1.40. The fraction of sp³-hybridized carbons (Fsp3) is 0.286. The highest BCUT2D eigenvalue weighted by Gasteiger charge is 2.08. The lowest BCUT2D eigenvalue weighted by molar-refractivity contribution is 1.04. The van der Waals surface area contributed by atoms with Crippen LogP contribution in [-0.2, 0) is 0 Å². The summed E-state index contributed by atoms with van der Waals surface area (Å²) in [7, 11) is 2.61. The van der Waals surface area contributed by atoms with Gasteiger partial charge in [0.2, 0.25) is 0 Å². The molecule has 20 heavy (non-hydrogen) atoms. The van der Waals surface area contributed by atoms with E-state index in [1.54, 1.807) is 0 Å². The Morgan fingerprint density at radius 3 is 1.45 bits per heavy atom. The van der Waals surface area contributed by atoms with Gasteiger partial charge in [0, 0.05) is 11.4 Å². The second kappa shape index (κ2) is 5.93. The van der Waals surface area contributed by atoms with Gasteiger partial charge in [-0.15, -0.1) is 0 Å². The van der Waals surface area contributed by atoms with Gasteiger partial charge in [-0.3, -0.25) is 9.59 Å². The van der Waals surface area contributed by atoms with Crippen molar-refractivity contribution in [3.63, 3.8) is 0 Å². The normalized spacial score (nSPS) is 10.8. The monoisotopic (exact) mass is 308 g/mol. The molecule has 0 saturated heterocycles. The Bertz CT molecular complexity index is 697. The van der Waals surface area contributed by atoms with Gasteiger partial charge >= 0.3 is 0 Å². The highest BCUT2D eigenvalue weighted by atomic mass is 33.1. The number of hydrogen-bond acceptors (Lipinski definition) is 4. The van der Waals surface area contributed by atoms with Gasteiger partial charge in [-0.2, -0.15) is 0 Å². The molecule has 0 fully saturated rings. The fourth-order valence-electron chi connectivity index (χ4n) is 1.62. The van der Waals surface area contributed by atoms with Gasteiger partial charge in [-0.25, -0.2) is 0 Å². The average molecular weight is 308 g/mol. The smallest absolute Gasteiger partial charge is 0.262 e. The van der Waals surface area contributed by atoms with Gasteiger partial charge in [-0.1, -0.05) is 0 Å². The van der Waals surface area contributed by atoms with Crippen molar-refractivity contribution in [2.75, 3.05) is 0 Å². The van der Waals surface area contributed by atoms with Crippen LogP contribution in [-0.4, -0.2) is 9.97 Å². The third kappa shape index (κ3) is 3.19. The van der Waals surface area contributed by atoms with E-state index in [1.165, 1.54) is 21.6 Å². The Balaban J connectivity index is 2.26. The second-order valence-electron chi connectivity index (χ2n) is 4.71. The predicted octanol–water partition coefficient (Wildman–Crippen LogP) is 3.10. The number of hydrogen-bond donors (Lipinski definition) is 2. The lowest BCUT2D eigenvalue weighted by Crippen LogP contribution is -2.11. The molecule has 0 saturated carbocycles. The number of rotatable bonds is 3. The molecule has 0 aliphatic carbocycles. The molecule has 0 radical (unpaired) electrons. The largest absolute Gasteiger partial charge is 0.325 e. The maximum atomic E-state index is 11.8. The van der Waals surface area contributed by atoms with Crippen LogP contribution in [0.4, 0.5) is 0 Å². The summed E-state index contributed by atoms with van der Waals surface area (Å²) in [5.41, 5.74) is 3.56. The van der Waals surface area contributed by atoms with E-state index in [4.69, 9.17) is 0 Å². The van der Waals surface area contributed by atoms with E-state index >= 15 is 0 Å². The molecule has 6 heteroatoms. The zero-order chi connectivity index (χ0) is 14.9. The van der Waals surface area contributed by atoms with E-state index < -0.39 is 0 Å². The molecule has 0 amide bonds. The summed E-state index contributed by atoms with van der Waals surface area (Å²) in [5, 5.41) is 0. The molecule has 2 aromatic heterocycles. The predicted molar refractivity (Wildman–Crippen MR) is 84.8 cm³/mol. The quantitative estimate of drug-likeness (QED) is 0.855. The van der Waals surface area contributed by atoms with Gasteiger partial charge in [-0.05, 0) is 72.5 Å². The molecular formula is C14H16N2O2S2. The van der Waals surface area contributed by atoms with Gasteiger partial charge in [0.25, 0.3) is 11.1 Å². The molecule has 0 spiro atoms. The van der Waals surface area contributed by atoms with Crippen LogP contribution in [0.2, 0.25) is 0 Å². The summed E-state index contributed by atoms with van der Waals surface area (Å²) < 4.78 is 0. The maximum absolute atomic E-state index is 11.8. The number of nitrogens with one attached hydrogen (secondary N) is 2. The van der Waals surface area contributed by atoms with Gasteiger partial charge in [0.1, 0.15) is 0 Å². The Morgan fingerprint density at radius 2 is 1.10 bits per heavy atom. The number of aromatic nitrogens is 2. The van der Waals surface area contributed by atoms with Gasteiger partial charge < -0.3 is 9.97 Å². The maximum Gasteiger partial charge on any atom is 0.262 e. The van der Waals surface area contributed by atoms with Crippen LogP contribution in [0, 0.1) is 27.7 Å². The lowest BCUT2D eigenvalue weighted by atomic mass is 10.2. The molecule has 4 nitrogen and oxygen atoms in total. The lowest BCUT2D eigenvalue weighted by Gasteiger charge is -2.05. The van der Waals surface area contributed by atoms with E-state index in [0.717, 1.165) is 22.5 Å². The molecule has 0 aliphatic rings.